The van der Waals surface area contributed by atoms with Crippen LogP contribution in [0.2, 0.25) is 0 Å². The molecule has 0 N–H and O–H groups in total. The van der Waals surface area contributed by atoms with Gasteiger partial charge in [0.2, 0.25) is 0 Å². The van der Waals surface area contributed by atoms with Gasteiger partial charge < -0.3 is 9.47 Å². The molecule has 2 atom stereocenters. The molecule has 6 rings (SSSR count). The first-order valence-electron chi connectivity index (χ1n) is 11.0. The van der Waals surface area contributed by atoms with Crippen LogP contribution in [0.5, 0.6) is 11.5 Å². The van der Waals surface area contributed by atoms with Crippen molar-refractivity contribution in [2.45, 2.75) is 13.8 Å². The van der Waals surface area contributed by atoms with E-state index in [9.17, 15) is 0 Å². The van der Waals surface area contributed by atoms with E-state index >= 15 is 0 Å². The summed E-state index contributed by atoms with van der Waals surface area (Å²) in [6, 6.07) is 21.6. The van der Waals surface area contributed by atoms with Crippen LogP contribution in [0.1, 0.15) is 25.0 Å². The van der Waals surface area contributed by atoms with Crippen LogP contribution in [0.4, 0.5) is 0 Å². The fourth-order valence-corrected chi connectivity index (χ4v) is 6.00. The van der Waals surface area contributed by atoms with Gasteiger partial charge in [-0.15, -0.1) is 0 Å². The second-order valence-corrected chi connectivity index (χ2v) is 10.7. The standard InChI is InChI=1S/C28H22Br2O2/c1-15-13-31-23-9-3-17-11-19(29)5-7-21(17)27(23)25(15)26-16(2)14-32-24-10-4-18-12-20(30)6-8-22(18)28(24)26/h3-12,15-16H,13-14H2,1-2H3/b26-25+. The van der Waals surface area contributed by atoms with Crippen LogP contribution in [0, 0.1) is 11.8 Å². The number of rotatable bonds is 0. The molecule has 0 saturated carbocycles. The summed E-state index contributed by atoms with van der Waals surface area (Å²) in [5.74, 6) is 2.52. The highest BCUT2D eigenvalue weighted by molar-refractivity contribution is 9.10. The van der Waals surface area contributed by atoms with Gasteiger partial charge in [0.15, 0.2) is 0 Å². The molecule has 0 fully saturated rings. The lowest BCUT2D eigenvalue weighted by Gasteiger charge is -2.35. The summed E-state index contributed by atoms with van der Waals surface area (Å²) in [6.45, 7) is 5.94. The fraction of sp³-hybridized carbons (Fsp3) is 0.214. The molecule has 0 radical (unpaired) electrons. The van der Waals surface area contributed by atoms with Crippen molar-refractivity contribution >= 4 is 64.6 Å². The zero-order valence-corrected chi connectivity index (χ0v) is 21.1. The molecule has 4 aromatic carbocycles. The fourth-order valence-electron chi connectivity index (χ4n) is 5.25. The van der Waals surface area contributed by atoms with Gasteiger partial charge in [-0.05, 0) is 69.1 Å². The number of halogens is 2. The highest BCUT2D eigenvalue weighted by atomic mass is 79.9. The summed E-state index contributed by atoms with van der Waals surface area (Å²) in [4.78, 5) is 0. The highest BCUT2D eigenvalue weighted by Gasteiger charge is 2.33. The Labute approximate surface area is 204 Å². The van der Waals surface area contributed by atoms with Crippen molar-refractivity contribution in [3.8, 4) is 11.5 Å². The third-order valence-electron chi connectivity index (χ3n) is 6.68. The van der Waals surface area contributed by atoms with Gasteiger partial charge in [-0.25, -0.2) is 0 Å². The Bertz CT molecular complexity index is 1330. The van der Waals surface area contributed by atoms with Crippen molar-refractivity contribution in [1.82, 2.24) is 0 Å². The first kappa shape index (κ1) is 20.3. The van der Waals surface area contributed by atoms with Crippen LogP contribution in [0.15, 0.2) is 69.6 Å². The average molecular weight is 550 g/mol. The number of ether oxygens (including phenoxy) is 2. The molecule has 0 spiro atoms. The average Bonchev–Trinajstić information content (AvgIpc) is 2.79. The van der Waals surface area contributed by atoms with E-state index in [1.54, 1.807) is 0 Å². The third kappa shape index (κ3) is 3.11. The quantitative estimate of drug-likeness (QED) is 0.219. The van der Waals surface area contributed by atoms with Crippen LogP contribution in [0.25, 0.3) is 32.7 Å². The largest absolute Gasteiger partial charge is 0.492 e. The smallest absolute Gasteiger partial charge is 0.127 e. The lowest BCUT2D eigenvalue weighted by atomic mass is 9.77. The van der Waals surface area contributed by atoms with Crippen molar-refractivity contribution in [1.29, 1.82) is 0 Å². The summed E-state index contributed by atoms with van der Waals surface area (Å²) < 4.78 is 14.7. The van der Waals surface area contributed by atoms with Gasteiger partial charge in [0.1, 0.15) is 11.5 Å². The molecular weight excluding hydrogens is 528 g/mol. The molecule has 0 aliphatic carbocycles. The van der Waals surface area contributed by atoms with Crippen molar-refractivity contribution in [3.05, 3.63) is 80.7 Å². The number of benzene rings is 4. The zero-order valence-electron chi connectivity index (χ0n) is 17.9. The highest BCUT2D eigenvalue weighted by Crippen LogP contribution is 2.51. The van der Waals surface area contributed by atoms with E-state index < -0.39 is 0 Å². The molecule has 0 aromatic heterocycles. The Morgan fingerprint density at radius 2 is 1.06 bits per heavy atom. The van der Waals surface area contributed by atoms with Gasteiger partial charge in [0, 0.05) is 31.9 Å². The minimum atomic E-state index is 0.283. The van der Waals surface area contributed by atoms with E-state index in [1.165, 1.54) is 43.8 Å². The van der Waals surface area contributed by atoms with Gasteiger partial charge in [-0.3, -0.25) is 0 Å². The third-order valence-corrected chi connectivity index (χ3v) is 7.67. The molecule has 2 aliphatic rings. The zero-order chi connectivity index (χ0) is 22.0. The van der Waals surface area contributed by atoms with E-state index in [0.29, 0.717) is 13.2 Å². The first-order chi connectivity index (χ1) is 15.5. The van der Waals surface area contributed by atoms with E-state index in [-0.39, 0.29) is 11.8 Å². The second kappa shape index (κ2) is 7.64. The van der Waals surface area contributed by atoms with Gasteiger partial charge >= 0.3 is 0 Å². The van der Waals surface area contributed by atoms with Gasteiger partial charge in [0.05, 0.1) is 13.2 Å². The molecule has 160 valence electrons. The minimum absolute atomic E-state index is 0.283. The number of hydrogen-bond acceptors (Lipinski definition) is 2. The maximum atomic E-state index is 6.24. The Morgan fingerprint density at radius 1 is 0.625 bits per heavy atom. The maximum Gasteiger partial charge on any atom is 0.127 e. The Morgan fingerprint density at radius 3 is 1.50 bits per heavy atom. The minimum Gasteiger partial charge on any atom is -0.492 e. The van der Waals surface area contributed by atoms with Crippen molar-refractivity contribution in [2.75, 3.05) is 13.2 Å². The monoisotopic (exact) mass is 548 g/mol. The summed E-state index contributed by atoms with van der Waals surface area (Å²) in [6.07, 6.45) is 0. The van der Waals surface area contributed by atoms with E-state index in [1.807, 2.05) is 0 Å². The van der Waals surface area contributed by atoms with Crippen molar-refractivity contribution in [3.63, 3.8) is 0 Å². The van der Waals surface area contributed by atoms with Crippen LogP contribution in [0.3, 0.4) is 0 Å². The van der Waals surface area contributed by atoms with E-state index in [0.717, 1.165) is 20.4 Å². The van der Waals surface area contributed by atoms with Gasteiger partial charge in [-0.2, -0.15) is 0 Å². The molecule has 32 heavy (non-hydrogen) atoms. The maximum absolute atomic E-state index is 6.24. The summed E-state index contributed by atoms with van der Waals surface area (Å²) in [5.41, 5.74) is 5.26. The molecule has 2 nitrogen and oxygen atoms in total. The molecule has 0 saturated heterocycles. The Hall–Kier alpha value is -2.30. The molecule has 4 heteroatoms. The summed E-state index contributed by atoms with van der Waals surface area (Å²) >= 11 is 7.26. The van der Waals surface area contributed by atoms with E-state index in [2.05, 4.69) is 106 Å². The normalized spacial score (nSPS) is 22.2. The van der Waals surface area contributed by atoms with Crippen LogP contribution in [-0.4, -0.2) is 13.2 Å². The molecule has 2 aliphatic heterocycles. The summed E-state index contributed by atoms with van der Waals surface area (Å²) in [5, 5.41) is 4.91. The van der Waals surface area contributed by atoms with Crippen molar-refractivity contribution < 1.29 is 9.47 Å². The van der Waals surface area contributed by atoms with Crippen LogP contribution in [-0.2, 0) is 0 Å². The molecular formula is C28H22Br2O2. The summed E-state index contributed by atoms with van der Waals surface area (Å²) in [7, 11) is 0. The van der Waals surface area contributed by atoms with Crippen LogP contribution >= 0.6 is 31.9 Å². The number of fused-ring (bicyclic) bond motifs is 6. The Kier molecular flexibility index (Phi) is 4.85. The van der Waals surface area contributed by atoms with Crippen LogP contribution < -0.4 is 9.47 Å². The lowest BCUT2D eigenvalue weighted by molar-refractivity contribution is 0.269. The predicted molar refractivity (Wildman–Crippen MR) is 139 cm³/mol. The van der Waals surface area contributed by atoms with Gasteiger partial charge in [0.25, 0.3) is 0 Å². The SMILES string of the molecule is CC1COc2ccc3cc(Br)ccc3c2/C1=C1/c2c(ccc3cc(Br)ccc23)OCC1C. The van der Waals surface area contributed by atoms with Crippen molar-refractivity contribution in [2.24, 2.45) is 11.8 Å². The molecule has 0 amide bonds. The van der Waals surface area contributed by atoms with Gasteiger partial charge in [-0.1, -0.05) is 70.0 Å². The Balaban J connectivity index is 1.75. The second-order valence-electron chi connectivity index (χ2n) is 8.86. The first-order valence-corrected chi connectivity index (χ1v) is 12.5. The molecule has 0 bridgehead atoms. The van der Waals surface area contributed by atoms with E-state index in [4.69, 9.17) is 9.47 Å². The molecule has 2 heterocycles. The predicted octanol–water partition coefficient (Wildman–Crippen LogP) is 8.49. The molecule has 2 unspecified atom stereocenters. The number of hydrogen-bond donors (Lipinski definition) is 0. The molecule has 4 aromatic rings. The lowest BCUT2D eigenvalue weighted by Crippen LogP contribution is -2.24. The topological polar surface area (TPSA) is 18.5 Å².